The van der Waals surface area contributed by atoms with E-state index in [1.807, 2.05) is 23.1 Å². The SMILES string of the molecule is CCCN1CCN(CC(=O)NCc2ccccn2)C[C@@H](O)C1. The average molecular weight is 306 g/mol. The predicted molar refractivity (Wildman–Crippen MR) is 85.3 cm³/mol. The van der Waals surface area contributed by atoms with E-state index in [0.717, 1.165) is 31.7 Å². The fourth-order valence-corrected chi connectivity index (χ4v) is 2.73. The van der Waals surface area contributed by atoms with Gasteiger partial charge < -0.3 is 10.4 Å². The van der Waals surface area contributed by atoms with Gasteiger partial charge in [-0.1, -0.05) is 13.0 Å². The fraction of sp³-hybridized carbons (Fsp3) is 0.625. The molecule has 1 saturated heterocycles. The van der Waals surface area contributed by atoms with Gasteiger partial charge in [0, 0.05) is 32.4 Å². The third kappa shape index (κ3) is 5.71. The van der Waals surface area contributed by atoms with E-state index >= 15 is 0 Å². The number of pyridine rings is 1. The Balaban J connectivity index is 1.76. The fourth-order valence-electron chi connectivity index (χ4n) is 2.73. The van der Waals surface area contributed by atoms with Gasteiger partial charge in [0.25, 0.3) is 0 Å². The molecular weight excluding hydrogens is 280 g/mol. The first-order valence-corrected chi connectivity index (χ1v) is 7.96. The van der Waals surface area contributed by atoms with Gasteiger partial charge in [0.2, 0.25) is 5.91 Å². The van der Waals surface area contributed by atoms with Gasteiger partial charge in [-0.05, 0) is 25.1 Å². The number of hydrogen-bond donors (Lipinski definition) is 2. The van der Waals surface area contributed by atoms with Crippen molar-refractivity contribution in [2.24, 2.45) is 0 Å². The van der Waals surface area contributed by atoms with Crippen LogP contribution in [-0.4, -0.2) is 71.2 Å². The molecule has 0 aromatic carbocycles. The highest BCUT2D eigenvalue weighted by Gasteiger charge is 2.22. The van der Waals surface area contributed by atoms with Gasteiger partial charge in [-0.25, -0.2) is 0 Å². The van der Waals surface area contributed by atoms with E-state index in [-0.39, 0.29) is 5.91 Å². The Kier molecular flexibility index (Phi) is 6.76. The minimum Gasteiger partial charge on any atom is -0.390 e. The summed E-state index contributed by atoms with van der Waals surface area (Å²) in [5.74, 6) is -0.0261. The Morgan fingerprint density at radius 2 is 2.14 bits per heavy atom. The van der Waals surface area contributed by atoms with Crippen LogP contribution in [0.3, 0.4) is 0 Å². The molecule has 6 nitrogen and oxygen atoms in total. The van der Waals surface area contributed by atoms with E-state index in [1.165, 1.54) is 0 Å². The van der Waals surface area contributed by atoms with Crippen LogP contribution in [-0.2, 0) is 11.3 Å². The molecule has 2 heterocycles. The summed E-state index contributed by atoms with van der Waals surface area (Å²) in [6, 6.07) is 5.65. The van der Waals surface area contributed by atoms with Gasteiger partial charge in [0.1, 0.15) is 0 Å². The van der Waals surface area contributed by atoms with Gasteiger partial charge in [-0.15, -0.1) is 0 Å². The molecule has 0 radical (unpaired) electrons. The molecule has 1 amide bonds. The lowest BCUT2D eigenvalue weighted by molar-refractivity contribution is -0.122. The molecule has 1 fully saturated rings. The summed E-state index contributed by atoms with van der Waals surface area (Å²) >= 11 is 0. The van der Waals surface area contributed by atoms with Crippen molar-refractivity contribution in [2.45, 2.75) is 26.0 Å². The topological polar surface area (TPSA) is 68.7 Å². The van der Waals surface area contributed by atoms with Crippen molar-refractivity contribution >= 4 is 5.91 Å². The van der Waals surface area contributed by atoms with E-state index in [1.54, 1.807) is 6.20 Å². The summed E-state index contributed by atoms with van der Waals surface area (Å²) in [6.45, 7) is 6.86. The Hall–Kier alpha value is -1.50. The van der Waals surface area contributed by atoms with Gasteiger partial charge in [-0.2, -0.15) is 0 Å². The summed E-state index contributed by atoms with van der Waals surface area (Å²) in [4.78, 5) is 20.5. The lowest BCUT2D eigenvalue weighted by atomic mass is 10.3. The van der Waals surface area contributed by atoms with Gasteiger partial charge >= 0.3 is 0 Å². The summed E-state index contributed by atoms with van der Waals surface area (Å²) < 4.78 is 0. The number of rotatable bonds is 6. The zero-order valence-corrected chi connectivity index (χ0v) is 13.2. The van der Waals surface area contributed by atoms with Gasteiger partial charge in [0.15, 0.2) is 0 Å². The van der Waals surface area contributed by atoms with Crippen LogP contribution < -0.4 is 5.32 Å². The molecule has 1 atom stereocenters. The van der Waals surface area contributed by atoms with Crippen LogP contribution in [0, 0.1) is 0 Å². The molecule has 122 valence electrons. The summed E-state index contributed by atoms with van der Waals surface area (Å²) in [6.07, 6.45) is 2.41. The number of carbonyl (C=O) groups is 1. The van der Waals surface area contributed by atoms with Crippen LogP contribution in [0.5, 0.6) is 0 Å². The Bertz CT molecular complexity index is 455. The third-order valence-corrected chi connectivity index (χ3v) is 3.77. The molecule has 0 saturated carbocycles. The van der Waals surface area contributed by atoms with E-state index in [0.29, 0.717) is 26.2 Å². The van der Waals surface area contributed by atoms with Crippen LogP contribution in [0.4, 0.5) is 0 Å². The summed E-state index contributed by atoms with van der Waals surface area (Å²) in [5, 5.41) is 12.9. The molecule has 0 bridgehead atoms. The zero-order valence-electron chi connectivity index (χ0n) is 13.2. The highest BCUT2D eigenvalue weighted by Crippen LogP contribution is 2.04. The van der Waals surface area contributed by atoms with E-state index in [4.69, 9.17) is 0 Å². The lowest BCUT2D eigenvalue weighted by Gasteiger charge is -2.20. The second-order valence-electron chi connectivity index (χ2n) is 5.79. The molecule has 0 unspecified atom stereocenters. The Morgan fingerprint density at radius 1 is 1.36 bits per heavy atom. The average Bonchev–Trinajstić information content (AvgIpc) is 2.68. The number of carbonyl (C=O) groups excluding carboxylic acids is 1. The second kappa shape index (κ2) is 8.82. The summed E-state index contributed by atoms with van der Waals surface area (Å²) in [7, 11) is 0. The minimum absolute atomic E-state index is 0.0261. The predicted octanol–water partition coefficient (Wildman–Crippen LogP) is 0.0863. The highest BCUT2D eigenvalue weighted by atomic mass is 16.3. The number of nitrogens with zero attached hydrogens (tertiary/aromatic N) is 3. The smallest absolute Gasteiger partial charge is 0.234 e. The first-order valence-electron chi connectivity index (χ1n) is 7.96. The van der Waals surface area contributed by atoms with Crippen LogP contribution in [0.15, 0.2) is 24.4 Å². The minimum atomic E-state index is -0.391. The number of amides is 1. The number of aliphatic hydroxyl groups excluding tert-OH is 1. The second-order valence-corrected chi connectivity index (χ2v) is 5.79. The van der Waals surface area contributed by atoms with Gasteiger partial charge in [-0.3, -0.25) is 19.6 Å². The van der Waals surface area contributed by atoms with E-state index in [9.17, 15) is 9.90 Å². The van der Waals surface area contributed by atoms with Crippen LogP contribution >= 0.6 is 0 Å². The molecule has 0 aliphatic carbocycles. The van der Waals surface area contributed by atoms with E-state index in [2.05, 4.69) is 22.1 Å². The molecular formula is C16H26N4O2. The monoisotopic (exact) mass is 306 g/mol. The van der Waals surface area contributed by atoms with Gasteiger partial charge in [0.05, 0.1) is 24.9 Å². The van der Waals surface area contributed by atoms with Crippen molar-refractivity contribution < 1.29 is 9.90 Å². The first-order chi connectivity index (χ1) is 10.7. The molecule has 1 aromatic rings. The number of hydrogen-bond acceptors (Lipinski definition) is 5. The summed E-state index contributed by atoms with van der Waals surface area (Å²) in [5.41, 5.74) is 0.848. The molecule has 1 aromatic heterocycles. The molecule has 2 N–H and O–H groups in total. The molecule has 22 heavy (non-hydrogen) atoms. The molecule has 1 aliphatic heterocycles. The standard InChI is InChI=1S/C16H26N4O2/c1-2-7-19-8-9-20(12-15(21)11-19)13-16(22)18-10-14-5-3-4-6-17-14/h3-6,15,21H,2,7-13H2,1H3,(H,18,22)/t15-/m0/s1. The third-order valence-electron chi connectivity index (χ3n) is 3.77. The van der Waals surface area contributed by atoms with Crippen LogP contribution in [0.1, 0.15) is 19.0 Å². The Labute approximate surface area is 132 Å². The first kappa shape index (κ1) is 16.9. The van der Waals surface area contributed by atoms with Crippen molar-refractivity contribution in [1.29, 1.82) is 0 Å². The molecule has 2 rings (SSSR count). The van der Waals surface area contributed by atoms with Crippen molar-refractivity contribution in [3.8, 4) is 0 Å². The van der Waals surface area contributed by atoms with Crippen LogP contribution in [0.2, 0.25) is 0 Å². The largest absolute Gasteiger partial charge is 0.390 e. The maximum absolute atomic E-state index is 12.0. The molecule has 0 spiro atoms. The number of nitrogens with one attached hydrogen (secondary N) is 1. The zero-order chi connectivity index (χ0) is 15.8. The Morgan fingerprint density at radius 3 is 2.86 bits per heavy atom. The number of aliphatic hydroxyl groups is 1. The number of aromatic nitrogens is 1. The maximum Gasteiger partial charge on any atom is 0.234 e. The van der Waals surface area contributed by atoms with Crippen molar-refractivity contribution in [2.75, 3.05) is 39.3 Å². The van der Waals surface area contributed by atoms with Crippen molar-refractivity contribution in [1.82, 2.24) is 20.1 Å². The lowest BCUT2D eigenvalue weighted by Crippen LogP contribution is -2.40. The van der Waals surface area contributed by atoms with E-state index < -0.39 is 6.10 Å². The van der Waals surface area contributed by atoms with Crippen molar-refractivity contribution in [3.05, 3.63) is 30.1 Å². The quantitative estimate of drug-likeness (QED) is 0.779. The molecule has 6 heteroatoms. The highest BCUT2D eigenvalue weighted by molar-refractivity contribution is 5.77. The maximum atomic E-state index is 12.0. The molecule has 1 aliphatic rings. The van der Waals surface area contributed by atoms with Crippen molar-refractivity contribution in [3.63, 3.8) is 0 Å². The number of β-amino-alcohol motifs (C(OH)–C–C–N with tert-alkyl or cyclic N) is 1. The normalized spacial score (nSPS) is 20.5. The van der Waals surface area contributed by atoms with Crippen LogP contribution in [0.25, 0.3) is 0 Å².